The van der Waals surface area contributed by atoms with Crippen LogP contribution in [0.25, 0.3) is 0 Å². The Morgan fingerprint density at radius 2 is 2.08 bits per heavy atom. The van der Waals surface area contributed by atoms with Crippen LogP contribution >= 0.6 is 0 Å². The van der Waals surface area contributed by atoms with Crippen LogP contribution in [-0.4, -0.2) is 48.1 Å². The molecular formula is C20H30N4O2. The summed E-state index contributed by atoms with van der Waals surface area (Å²) in [6.45, 7) is 9.58. The minimum Gasteiger partial charge on any atom is -0.496 e. The summed E-state index contributed by atoms with van der Waals surface area (Å²) in [5, 5.41) is 7.95. The van der Waals surface area contributed by atoms with E-state index in [1.54, 1.807) is 7.11 Å². The van der Waals surface area contributed by atoms with E-state index >= 15 is 0 Å². The number of benzene rings is 1. The highest BCUT2D eigenvalue weighted by atomic mass is 16.5. The van der Waals surface area contributed by atoms with Gasteiger partial charge in [-0.15, -0.1) is 0 Å². The average Bonchev–Trinajstić information content (AvgIpc) is 3.00. The van der Waals surface area contributed by atoms with Gasteiger partial charge in [0.05, 0.1) is 26.5 Å². The number of aryl methyl sites for hydroxylation is 1. The van der Waals surface area contributed by atoms with Gasteiger partial charge in [0.25, 0.3) is 0 Å². The highest BCUT2D eigenvalue weighted by Crippen LogP contribution is 2.23. The molecule has 2 heterocycles. The van der Waals surface area contributed by atoms with Crippen molar-refractivity contribution >= 4 is 0 Å². The van der Waals surface area contributed by atoms with Gasteiger partial charge in [0, 0.05) is 56.1 Å². The summed E-state index contributed by atoms with van der Waals surface area (Å²) >= 11 is 0. The third kappa shape index (κ3) is 4.44. The first-order valence-electron chi connectivity index (χ1n) is 9.26. The van der Waals surface area contributed by atoms with Crippen LogP contribution in [0.2, 0.25) is 0 Å². The number of rotatable bonds is 7. The molecule has 1 fully saturated rings. The van der Waals surface area contributed by atoms with Crippen molar-refractivity contribution in [2.24, 2.45) is 7.05 Å². The van der Waals surface area contributed by atoms with Crippen LogP contribution in [-0.2, 0) is 24.9 Å². The fraction of sp³-hybridized carbons (Fsp3) is 0.550. The zero-order chi connectivity index (χ0) is 18.5. The summed E-state index contributed by atoms with van der Waals surface area (Å²) in [5.41, 5.74) is 4.95. The maximum atomic E-state index is 5.57. The van der Waals surface area contributed by atoms with Gasteiger partial charge in [-0.25, -0.2) is 0 Å². The molecule has 2 aromatic rings. The molecule has 0 amide bonds. The molecule has 6 nitrogen and oxygen atoms in total. The molecular weight excluding hydrogens is 328 g/mol. The van der Waals surface area contributed by atoms with Crippen molar-refractivity contribution in [3.8, 4) is 5.75 Å². The second-order valence-corrected chi connectivity index (χ2v) is 6.95. The summed E-state index contributed by atoms with van der Waals surface area (Å²) in [6, 6.07) is 6.72. The monoisotopic (exact) mass is 358 g/mol. The van der Waals surface area contributed by atoms with Gasteiger partial charge >= 0.3 is 0 Å². The standard InChI is InChI=1S/C20H30N4O2/c1-15(19-13-22-23(3)16(19)2)21-12-17-5-6-20(25-4)18(11-17)14-24-7-9-26-10-8-24/h5-6,11,13,15,21H,7-10,12,14H2,1-4H3. The van der Waals surface area contributed by atoms with Gasteiger partial charge in [-0.05, 0) is 31.5 Å². The molecule has 1 aromatic heterocycles. The molecule has 0 radical (unpaired) electrons. The number of nitrogens with zero attached hydrogens (tertiary/aromatic N) is 3. The van der Waals surface area contributed by atoms with Crippen LogP contribution in [0.3, 0.4) is 0 Å². The zero-order valence-electron chi connectivity index (χ0n) is 16.3. The fourth-order valence-electron chi connectivity index (χ4n) is 3.39. The number of morpholine rings is 1. The number of aromatic nitrogens is 2. The first kappa shape index (κ1) is 18.9. The summed E-state index contributed by atoms with van der Waals surface area (Å²) in [4.78, 5) is 2.42. The van der Waals surface area contributed by atoms with E-state index in [4.69, 9.17) is 9.47 Å². The van der Waals surface area contributed by atoms with Gasteiger partial charge in [0.1, 0.15) is 5.75 Å². The third-order valence-corrected chi connectivity index (χ3v) is 5.19. The second kappa shape index (κ2) is 8.66. The van der Waals surface area contributed by atoms with Crippen LogP contribution in [0.15, 0.2) is 24.4 Å². The first-order chi connectivity index (χ1) is 12.6. The molecule has 6 heteroatoms. The second-order valence-electron chi connectivity index (χ2n) is 6.95. The quantitative estimate of drug-likeness (QED) is 0.824. The Morgan fingerprint density at radius 1 is 1.31 bits per heavy atom. The Bertz CT molecular complexity index is 723. The minimum atomic E-state index is 0.258. The number of nitrogens with one attached hydrogen (secondary N) is 1. The van der Waals surface area contributed by atoms with E-state index < -0.39 is 0 Å². The van der Waals surface area contributed by atoms with E-state index in [2.05, 4.69) is 47.4 Å². The van der Waals surface area contributed by atoms with Crippen molar-refractivity contribution in [1.29, 1.82) is 0 Å². The van der Waals surface area contributed by atoms with Gasteiger partial charge < -0.3 is 14.8 Å². The highest BCUT2D eigenvalue weighted by molar-refractivity contribution is 5.37. The molecule has 1 aliphatic heterocycles. The Kier molecular flexibility index (Phi) is 6.29. The lowest BCUT2D eigenvalue weighted by molar-refractivity contribution is 0.0339. The number of hydrogen-bond acceptors (Lipinski definition) is 5. The van der Waals surface area contributed by atoms with Crippen LogP contribution < -0.4 is 10.1 Å². The van der Waals surface area contributed by atoms with Crippen molar-refractivity contribution in [3.05, 3.63) is 46.8 Å². The fourth-order valence-corrected chi connectivity index (χ4v) is 3.39. The molecule has 26 heavy (non-hydrogen) atoms. The Balaban J connectivity index is 1.65. The van der Waals surface area contributed by atoms with Crippen molar-refractivity contribution < 1.29 is 9.47 Å². The average molecular weight is 358 g/mol. The van der Waals surface area contributed by atoms with E-state index in [-0.39, 0.29) is 6.04 Å². The summed E-state index contributed by atoms with van der Waals surface area (Å²) in [6.07, 6.45) is 1.95. The van der Waals surface area contributed by atoms with E-state index in [0.29, 0.717) is 0 Å². The Hall–Kier alpha value is -1.89. The van der Waals surface area contributed by atoms with Crippen LogP contribution in [0.1, 0.15) is 35.3 Å². The molecule has 1 N–H and O–H groups in total. The van der Waals surface area contributed by atoms with Gasteiger partial charge in [-0.2, -0.15) is 5.10 Å². The minimum absolute atomic E-state index is 0.258. The topological polar surface area (TPSA) is 51.5 Å². The molecule has 0 aliphatic carbocycles. The molecule has 0 spiro atoms. The summed E-state index contributed by atoms with van der Waals surface area (Å²) in [5.74, 6) is 0.955. The predicted octanol–water partition coefficient (Wildman–Crippen LogP) is 2.42. The van der Waals surface area contributed by atoms with E-state index in [9.17, 15) is 0 Å². The molecule has 1 saturated heterocycles. The molecule has 0 bridgehead atoms. The molecule has 142 valence electrons. The maximum absolute atomic E-state index is 5.57. The van der Waals surface area contributed by atoms with Crippen LogP contribution in [0, 0.1) is 6.92 Å². The van der Waals surface area contributed by atoms with Crippen LogP contribution in [0.5, 0.6) is 5.75 Å². The van der Waals surface area contributed by atoms with Crippen molar-refractivity contribution in [2.45, 2.75) is 33.0 Å². The van der Waals surface area contributed by atoms with Crippen molar-refractivity contribution in [2.75, 3.05) is 33.4 Å². The normalized spacial score (nSPS) is 16.6. The lowest BCUT2D eigenvalue weighted by Crippen LogP contribution is -2.35. The van der Waals surface area contributed by atoms with E-state index in [1.165, 1.54) is 22.4 Å². The molecule has 0 saturated carbocycles. The van der Waals surface area contributed by atoms with Crippen molar-refractivity contribution in [1.82, 2.24) is 20.0 Å². The highest BCUT2D eigenvalue weighted by Gasteiger charge is 2.15. The lowest BCUT2D eigenvalue weighted by atomic mass is 10.1. The third-order valence-electron chi connectivity index (χ3n) is 5.19. The van der Waals surface area contributed by atoms with Crippen LogP contribution in [0.4, 0.5) is 0 Å². The van der Waals surface area contributed by atoms with Gasteiger partial charge in [-0.3, -0.25) is 9.58 Å². The predicted molar refractivity (Wildman–Crippen MR) is 102 cm³/mol. The van der Waals surface area contributed by atoms with E-state index in [0.717, 1.165) is 45.1 Å². The summed E-state index contributed by atoms with van der Waals surface area (Å²) < 4.78 is 12.9. The smallest absolute Gasteiger partial charge is 0.123 e. The summed E-state index contributed by atoms with van der Waals surface area (Å²) in [7, 11) is 3.72. The molecule has 1 aromatic carbocycles. The van der Waals surface area contributed by atoms with Gasteiger partial charge in [-0.1, -0.05) is 6.07 Å². The molecule has 1 unspecified atom stereocenters. The van der Waals surface area contributed by atoms with Crippen molar-refractivity contribution in [3.63, 3.8) is 0 Å². The van der Waals surface area contributed by atoms with E-state index in [1.807, 2.05) is 17.9 Å². The number of methoxy groups -OCH3 is 1. The lowest BCUT2D eigenvalue weighted by Gasteiger charge is -2.27. The SMILES string of the molecule is COc1ccc(CNC(C)c2cnn(C)c2C)cc1CN1CCOCC1. The van der Waals surface area contributed by atoms with Gasteiger partial charge in [0.2, 0.25) is 0 Å². The molecule has 1 atom stereocenters. The Morgan fingerprint density at radius 3 is 2.73 bits per heavy atom. The maximum Gasteiger partial charge on any atom is 0.123 e. The Labute approximate surface area is 156 Å². The largest absolute Gasteiger partial charge is 0.496 e. The first-order valence-corrected chi connectivity index (χ1v) is 9.26. The number of hydrogen-bond donors (Lipinski definition) is 1. The number of ether oxygens (including phenoxy) is 2. The zero-order valence-corrected chi connectivity index (χ0v) is 16.3. The molecule has 1 aliphatic rings. The molecule has 3 rings (SSSR count). The van der Waals surface area contributed by atoms with Gasteiger partial charge in [0.15, 0.2) is 0 Å².